The summed E-state index contributed by atoms with van der Waals surface area (Å²) >= 11 is 0. The molecule has 152 valence electrons. The Morgan fingerprint density at radius 1 is 1.26 bits per heavy atom. The molecule has 4 heterocycles. The highest BCUT2D eigenvalue weighted by Gasteiger charge is 2.37. The van der Waals surface area contributed by atoms with Crippen LogP contribution in [0.5, 0.6) is 0 Å². The molecule has 3 aliphatic rings. The van der Waals surface area contributed by atoms with Crippen molar-refractivity contribution in [2.45, 2.75) is 38.6 Å². The maximum atomic E-state index is 13.2. The molecule has 1 amide bonds. The lowest BCUT2D eigenvalue weighted by Gasteiger charge is -2.31. The van der Waals surface area contributed by atoms with Crippen molar-refractivity contribution in [1.29, 1.82) is 0 Å². The molecule has 7 nitrogen and oxygen atoms in total. The third kappa shape index (κ3) is 4.58. The van der Waals surface area contributed by atoms with Gasteiger partial charge in [-0.2, -0.15) is 4.98 Å². The van der Waals surface area contributed by atoms with Crippen LogP contribution in [-0.2, 0) is 0 Å². The minimum absolute atomic E-state index is 0. The van der Waals surface area contributed by atoms with E-state index in [-0.39, 0.29) is 30.7 Å². The van der Waals surface area contributed by atoms with Gasteiger partial charge in [-0.3, -0.25) is 4.79 Å². The zero-order chi connectivity index (χ0) is 17.2. The Bertz CT molecular complexity index is 640. The number of carbonyl (C=O) groups excluding carboxylic acids is 1. The molecule has 27 heavy (non-hydrogen) atoms. The molecule has 2 N–H and O–H groups in total. The average Bonchev–Trinajstić information content (AvgIpc) is 3.06. The molecule has 0 bridgehead atoms. The zero-order valence-corrected chi connectivity index (χ0v) is 17.4. The summed E-state index contributed by atoms with van der Waals surface area (Å²) in [6.45, 7) is 7.59. The van der Waals surface area contributed by atoms with Crippen LogP contribution in [-0.4, -0.2) is 66.1 Å². The lowest BCUT2D eigenvalue weighted by Crippen LogP contribution is -2.43. The van der Waals surface area contributed by atoms with E-state index < -0.39 is 0 Å². The van der Waals surface area contributed by atoms with Crippen molar-refractivity contribution in [3.63, 3.8) is 0 Å². The maximum Gasteiger partial charge on any atom is 0.259 e. The van der Waals surface area contributed by atoms with Crippen LogP contribution in [0.4, 0.5) is 11.8 Å². The average molecular weight is 417 g/mol. The molecular weight excluding hydrogens is 387 g/mol. The Morgan fingerprint density at radius 3 is 2.78 bits per heavy atom. The van der Waals surface area contributed by atoms with Crippen molar-refractivity contribution in [3.05, 3.63) is 11.8 Å². The number of carbonyl (C=O) groups is 1. The predicted octanol–water partition coefficient (Wildman–Crippen LogP) is 2.18. The topological polar surface area (TPSA) is 73.4 Å². The van der Waals surface area contributed by atoms with E-state index in [0.717, 1.165) is 64.3 Å². The van der Waals surface area contributed by atoms with Crippen LogP contribution in [0.15, 0.2) is 6.20 Å². The second-order valence-corrected chi connectivity index (χ2v) is 7.35. The van der Waals surface area contributed by atoms with Crippen molar-refractivity contribution in [2.75, 3.05) is 49.5 Å². The smallest absolute Gasteiger partial charge is 0.259 e. The molecule has 1 aromatic rings. The molecule has 0 spiro atoms. The number of hydrogen-bond donors (Lipinski definition) is 2. The fraction of sp³-hybridized carbons (Fsp3) is 0.722. The summed E-state index contributed by atoms with van der Waals surface area (Å²) in [6, 6.07) is 0.385. The summed E-state index contributed by atoms with van der Waals surface area (Å²) in [7, 11) is 0. The van der Waals surface area contributed by atoms with Gasteiger partial charge in [0, 0.05) is 38.4 Å². The normalized spacial score (nSPS) is 22.3. The Morgan fingerprint density at radius 2 is 2.04 bits per heavy atom. The second kappa shape index (κ2) is 9.75. The molecule has 0 aromatic carbocycles. The van der Waals surface area contributed by atoms with E-state index in [1.807, 2.05) is 6.92 Å². The third-order valence-corrected chi connectivity index (χ3v) is 5.64. The molecule has 3 aliphatic heterocycles. The van der Waals surface area contributed by atoms with Crippen LogP contribution in [0.3, 0.4) is 0 Å². The van der Waals surface area contributed by atoms with Gasteiger partial charge in [0.15, 0.2) is 0 Å². The number of rotatable bonds is 4. The summed E-state index contributed by atoms with van der Waals surface area (Å²) in [5.41, 5.74) is 0.667. The standard InChI is InChI=1S/C18H28N6O.2ClH/c1-2-20-18-21-10-15-16(22-18)24-9-3-4-14(24)12-23(17(15)25)11-13-5-7-19-8-6-13;;/h10,13-14,19H,2-9,11-12H2,1H3,(H,20,21,22);2*1H/t14-;;/m0../s1. The molecule has 0 aliphatic carbocycles. The first-order valence-corrected chi connectivity index (χ1v) is 9.63. The van der Waals surface area contributed by atoms with E-state index in [9.17, 15) is 4.79 Å². The van der Waals surface area contributed by atoms with Crippen LogP contribution in [0.25, 0.3) is 0 Å². The number of hydrogen-bond acceptors (Lipinski definition) is 6. The van der Waals surface area contributed by atoms with E-state index in [2.05, 4.69) is 30.4 Å². The number of anilines is 2. The molecule has 4 rings (SSSR count). The van der Waals surface area contributed by atoms with Crippen molar-refractivity contribution in [2.24, 2.45) is 5.92 Å². The SMILES string of the molecule is CCNc1ncc2c(n1)N1CCC[C@H]1CN(CC1CCNCC1)C2=O.Cl.Cl. The van der Waals surface area contributed by atoms with Gasteiger partial charge in [-0.1, -0.05) is 0 Å². The van der Waals surface area contributed by atoms with Gasteiger partial charge in [0.25, 0.3) is 5.91 Å². The molecule has 0 radical (unpaired) electrons. The Hall–Kier alpha value is -1.31. The van der Waals surface area contributed by atoms with Crippen LogP contribution in [0, 0.1) is 5.92 Å². The van der Waals surface area contributed by atoms with Gasteiger partial charge < -0.3 is 20.4 Å². The quantitative estimate of drug-likeness (QED) is 0.783. The van der Waals surface area contributed by atoms with Crippen LogP contribution >= 0.6 is 24.8 Å². The van der Waals surface area contributed by atoms with E-state index in [4.69, 9.17) is 0 Å². The summed E-state index contributed by atoms with van der Waals surface area (Å²) in [5.74, 6) is 2.15. The monoisotopic (exact) mass is 416 g/mol. The molecule has 2 saturated heterocycles. The number of nitrogens with zero attached hydrogens (tertiary/aromatic N) is 4. The summed E-state index contributed by atoms with van der Waals surface area (Å²) in [5, 5.41) is 6.58. The van der Waals surface area contributed by atoms with Crippen LogP contribution < -0.4 is 15.5 Å². The number of fused-ring (bicyclic) bond motifs is 3. The van der Waals surface area contributed by atoms with Gasteiger partial charge in [0.2, 0.25) is 5.95 Å². The lowest BCUT2D eigenvalue weighted by atomic mass is 9.97. The second-order valence-electron chi connectivity index (χ2n) is 7.35. The molecule has 1 atom stereocenters. The first-order chi connectivity index (χ1) is 12.3. The Kier molecular flexibility index (Phi) is 7.94. The number of nitrogens with one attached hydrogen (secondary N) is 2. The fourth-order valence-electron chi connectivity index (χ4n) is 4.33. The van der Waals surface area contributed by atoms with Gasteiger partial charge in [0.05, 0.1) is 0 Å². The molecule has 0 saturated carbocycles. The largest absolute Gasteiger partial charge is 0.354 e. The van der Waals surface area contributed by atoms with Crippen LogP contribution in [0.2, 0.25) is 0 Å². The number of amides is 1. The molecule has 2 fully saturated rings. The third-order valence-electron chi connectivity index (χ3n) is 5.64. The predicted molar refractivity (Wildman–Crippen MR) is 113 cm³/mol. The Labute approximate surface area is 173 Å². The summed E-state index contributed by atoms with van der Waals surface area (Å²) in [6.07, 6.45) is 6.33. The van der Waals surface area contributed by atoms with Gasteiger partial charge in [-0.25, -0.2) is 4.98 Å². The van der Waals surface area contributed by atoms with Crippen LogP contribution in [0.1, 0.15) is 43.0 Å². The first-order valence-electron chi connectivity index (χ1n) is 9.63. The summed E-state index contributed by atoms with van der Waals surface area (Å²) < 4.78 is 0. The van der Waals surface area contributed by atoms with Crippen molar-refractivity contribution in [3.8, 4) is 0 Å². The maximum absolute atomic E-state index is 13.2. The van der Waals surface area contributed by atoms with E-state index in [0.29, 0.717) is 23.5 Å². The fourth-order valence-corrected chi connectivity index (χ4v) is 4.33. The van der Waals surface area contributed by atoms with Gasteiger partial charge >= 0.3 is 0 Å². The van der Waals surface area contributed by atoms with E-state index >= 15 is 0 Å². The molecule has 1 aromatic heterocycles. The van der Waals surface area contributed by atoms with E-state index in [1.165, 1.54) is 6.42 Å². The number of aromatic nitrogens is 2. The lowest BCUT2D eigenvalue weighted by molar-refractivity contribution is 0.0714. The van der Waals surface area contributed by atoms with Crippen molar-refractivity contribution >= 4 is 42.5 Å². The summed E-state index contributed by atoms with van der Waals surface area (Å²) in [4.78, 5) is 26.6. The highest BCUT2D eigenvalue weighted by atomic mass is 35.5. The Balaban J connectivity index is 0.00000131. The highest BCUT2D eigenvalue weighted by molar-refractivity contribution is 5.99. The minimum Gasteiger partial charge on any atom is -0.354 e. The van der Waals surface area contributed by atoms with Crippen molar-refractivity contribution < 1.29 is 4.79 Å². The zero-order valence-electron chi connectivity index (χ0n) is 15.8. The van der Waals surface area contributed by atoms with Gasteiger partial charge in [0.1, 0.15) is 11.4 Å². The molecular formula is C18H30Cl2N6O. The van der Waals surface area contributed by atoms with E-state index in [1.54, 1.807) is 6.20 Å². The van der Waals surface area contributed by atoms with Crippen molar-refractivity contribution in [1.82, 2.24) is 20.2 Å². The van der Waals surface area contributed by atoms with Gasteiger partial charge in [-0.05, 0) is 51.6 Å². The highest BCUT2D eigenvalue weighted by Crippen LogP contribution is 2.32. The number of halogens is 2. The van der Waals surface area contributed by atoms with Gasteiger partial charge in [-0.15, -0.1) is 24.8 Å². The molecule has 9 heteroatoms. The molecule has 0 unspecified atom stereocenters. The first kappa shape index (κ1) is 22.0. The minimum atomic E-state index is 0. The number of piperidine rings is 1.